The Morgan fingerprint density at radius 3 is 1.21 bits per heavy atom. The zero-order valence-corrected chi connectivity index (χ0v) is 27.2. The predicted octanol–water partition coefficient (Wildman–Crippen LogP) is 10.6. The maximum atomic E-state index is 6.57. The molecule has 2 nitrogen and oxygen atoms in total. The van der Waals surface area contributed by atoms with Crippen molar-refractivity contribution in [2.45, 2.75) is 78.1 Å². The highest BCUT2D eigenvalue weighted by Gasteiger charge is 2.16. The fourth-order valence-electron chi connectivity index (χ4n) is 5.38. The number of nitrogens with zero attached hydrogens (tertiary/aromatic N) is 2. The van der Waals surface area contributed by atoms with Gasteiger partial charge in [-0.05, 0) is 106 Å². The van der Waals surface area contributed by atoms with Crippen LogP contribution in [0.25, 0.3) is 22.5 Å². The van der Waals surface area contributed by atoms with Crippen LogP contribution in [0.1, 0.15) is 74.9 Å². The van der Waals surface area contributed by atoms with Crippen LogP contribution in [-0.4, -0.2) is 9.97 Å². The summed E-state index contributed by atoms with van der Waals surface area (Å²) in [5, 5.41) is 0.813. The molecule has 0 saturated carbocycles. The van der Waals surface area contributed by atoms with E-state index in [9.17, 15) is 0 Å². The van der Waals surface area contributed by atoms with Crippen LogP contribution in [0.4, 0.5) is 0 Å². The van der Waals surface area contributed by atoms with Crippen LogP contribution in [-0.2, 0) is 36.5 Å². The molecular formula is C40H43ClN2. The molecule has 0 fully saturated rings. The van der Waals surface area contributed by atoms with Crippen LogP contribution < -0.4 is 0 Å². The molecule has 0 bridgehead atoms. The van der Waals surface area contributed by atoms with Gasteiger partial charge in [-0.15, -0.1) is 0 Å². The largest absolute Gasteiger partial charge is 0.256 e. The van der Waals surface area contributed by atoms with E-state index in [1.165, 1.54) is 33.4 Å². The average molecular weight is 587 g/mol. The number of halogens is 1. The molecule has 5 rings (SSSR count). The molecule has 0 N–H and O–H groups in total. The van der Waals surface area contributed by atoms with E-state index in [4.69, 9.17) is 11.6 Å². The maximum Gasteiger partial charge on any atom is 0.0704 e. The summed E-state index contributed by atoms with van der Waals surface area (Å²) in [4.78, 5) is 9.23. The number of hydrogen-bond acceptors (Lipinski definition) is 2. The Balaban J connectivity index is 1.19. The molecule has 2 heterocycles. The SMILES string of the molecule is CC(C)(C)c1ccnc(-c2ccc(CCc3cc(Cl)cc(CCc4ccc(-c5cc(C(C)(C)C)ccn5)cc4)c3)cc2)c1. The Kier molecular flexibility index (Phi) is 9.18. The summed E-state index contributed by atoms with van der Waals surface area (Å²) in [7, 11) is 0. The van der Waals surface area contributed by atoms with Crippen LogP contribution in [0.2, 0.25) is 5.02 Å². The predicted molar refractivity (Wildman–Crippen MR) is 183 cm³/mol. The van der Waals surface area contributed by atoms with Crippen molar-refractivity contribution in [1.29, 1.82) is 0 Å². The van der Waals surface area contributed by atoms with Crippen LogP contribution in [0.5, 0.6) is 0 Å². The van der Waals surface area contributed by atoms with Gasteiger partial charge >= 0.3 is 0 Å². The minimum absolute atomic E-state index is 0.106. The molecule has 43 heavy (non-hydrogen) atoms. The second-order valence-electron chi connectivity index (χ2n) is 13.7. The summed E-state index contributed by atoms with van der Waals surface area (Å²) in [5.41, 5.74) is 12.4. The van der Waals surface area contributed by atoms with E-state index >= 15 is 0 Å². The standard InChI is InChI=1S/C40H43ClN2/c1-39(2,3)34-19-21-42-37(26-34)32-15-11-28(12-16-32)7-9-30-23-31(25-36(41)24-30)10-8-29-13-17-33(18-14-29)38-27-35(20-22-43-38)40(4,5)6/h11-27H,7-10H2,1-6H3. The minimum Gasteiger partial charge on any atom is -0.256 e. The van der Waals surface area contributed by atoms with Gasteiger partial charge in [0, 0.05) is 28.5 Å². The fourth-order valence-corrected chi connectivity index (χ4v) is 5.66. The van der Waals surface area contributed by atoms with Crippen molar-refractivity contribution in [3.63, 3.8) is 0 Å². The monoisotopic (exact) mass is 586 g/mol. The third-order valence-electron chi connectivity index (χ3n) is 8.17. The Morgan fingerprint density at radius 2 is 0.837 bits per heavy atom. The molecule has 0 spiro atoms. The molecule has 0 aliphatic carbocycles. The molecule has 5 aromatic rings. The molecule has 0 radical (unpaired) electrons. The molecule has 0 aliphatic rings. The van der Waals surface area contributed by atoms with Crippen molar-refractivity contribution in [1.82, 2.24) is 9.97 Å². The topological polar surface area (TPSA) is 25.8 Å². The van der Waals surface area contributed by atoms with Gasteiger partial charge in [-0.2, -0.15) is 0 Å². The van der Waals surface area contributed by atoms with Gasteiger partial charge in [-0.3, -0.25) is 9.97 Å². The second-order valence-corrected chi connectivity index (χ2v) is 14.2. The van der Waals surface area contributed by atoms with Gasteiger partial charge in [0.25, 0.3) is 0 Å². The average Bonchev–Trinajstić information content (AvgIpc) is 2.99. The van der Waals surface area contributed by atoms with Gasteiger partial charge in [0.05, 0.1) is 11.4 Å². The molecule has 0 unspecified atom stereocenters. The lowest BCUT2D eigenvalue weighted by molar-refractivity contribution is 0.589. The fraction of sp³-hybridized carbons (Fsp3) is 0.300. The van der Waals surface area contributed by atoms with E-state index < -0.39 is 0 Å². The van der Waals surface area contributed by atoms with Crippen molar-refractivity contribution < 1.29 is 0 Å². The quantitative estimate of drug-likeness (QED) is 0.181. The first kappa shape index (κ1) is 30.7. The first-order chi connectivity index (χ1) is 20.4. The highest BCUT2D eigenvalue weighted by molar-refractivity contribution is 6.30. The van der Waals surface area contributed by atoms with Crippen molar-refractivity contribution >= 4 is 11.6 Å². The Hall–Kier alpha value is -3.75. The van der Waals surface area contributed by atoms with Crippen LogP contribution in [0.15, 0.2) is 103 Å². The summed E-state index contributed by atoms with van der Waals surface area (Å²) >= 11 is 6.57. The number of rotatable bonds is 8. The minimum atomic E-state index is 0.106. The Labute approximate surface area is 263 Å². The molecule has 0 amide bonds. The molecule has 220 valence electrons. The summed E-state index contributed by atoms with van der Waals surface area (Å²) in [6.45, 7) is 13.4. The van der Waals surface area contributed by atoms with Crippen molar-refractivity contribution in [3.8, 4) is 22.5 Å². The normalized spacial score (nSPS) is 12.0. The van der Waals surface area contributed by atoms with Gasteiger partial charge in [0.2, 0.25) is 0 Å². The first-order valence-corrected chi connectivity index (χ1v) is 15.7. The Morgan fingerprint density at radius 1 is 0.465 bits per heavy atom. The van der Waals surface area contributed by atoms with Crippen molar-refractivity contribution in [2.75, 3.05) is 0 Å². The molecule has 0 atom stereocenters. The molecular weight excluding hydrogens is 544 g/mol. The number of hydrogen-bond donors (Lipinski definition) is 0. The summed E-state index contributed by atoms with van der Waals surface area (Å²) in [5.74, 6) is 0. The molecule has 0 saturated heterocycles. The van der Waals surface area contributed by atoms with E-state index in [1.54, 1.807) is 0 Å². The van der Waals surface area contributed by atoms with Crippen LogP contribution in [0, 0.1) is 0 Å². The second kappa shape index (κ2) is 12.9. The highest BCUT2D eigenvalue weighted by Crippen LogP contribution is 2.28. The lowest BCUT2D eigenvalue weighted by Gasteiger charge is -2.19. The van der Waals surface area contributed by atoms with Gasteiger partial charge in [0.1, 0.15) is 0 Å². The van der Waals surface area contributed by atoms with E-state index in [1.807, 2.05) is 12.4 Å². The smallest absolute Gasteiger partial charge is 0.0704 e. The van der Waals surface area contributed by atoms with E-state index in [0.717, 1.165) is 53.2 Å². The number of pyridine rings is 2. The summed E-state index contributed by atoms with van der Waals surface area (Å²) in [6, 6.07) is 32.8. The summed E-state index contributed by atoms with van der Waals surface area (Å²) < 4.78 is 0. The zero-order valence-electron chi connectivity index (χ0n) is 26.4. The van der Waals surface area contributed by atoms with Gasteiger partial charge in [-0.25, -0.2) is 0 Å². The number of aromatic nitrogens is 2. The lowest BCUT2D eigenvalue weighted by Crippen LogP contribution is -2.11. The maximum absolute atomic E-state index is 6.57. The molecule has 0 aliphatic heterocycles. The van der Waals surface area contributed by atoms with E-state index in [-0.39, 0.29) is 10.8 Å². The molecule has 3 heteroatoms. The lowest BCUT2D eigenvalue weighted by atomic mass is 9.87. The van der Waals surface area contributed by atoms with Gasteiger partial charge in [0.15, 0.2) is 0 Å². The highest BCUT2D eigenvalue weighted by atomic mass is 35.5. The van der Waals surface area contributed by atoms with Crippen molar-refractivity contribution in [3.05, 3.63) is 142 Å². The Bertz CT molecular complexity index is 1550. The van der Waals surface area contributed by atoms with Gasteiger partial charge in [-0.1, -0.05) is 108 Å². The zero-order chi connectivity index (χ0) is 30.6. The van der Waals surface area contributed by atoms with Gasteiger partial charge < -0.3 is 0 Å². The third kappa shape index (κ3) is 8.21. The number of aryl methyl sites for hydroxylation is 4. The van der Waals surface area contributed by atoms with Crippen LogP contribution in [0.3, 0.4) is 0 Å². The van der Waals surface area contributed by atoms with Crippen LogP contribution >= 0.6 is 11.6 Å². The van der Waals surface area contributed by atoms with E-state index in [0.29, 0.717) is 0 Å². The molecule has 3 aromatic carbocycles. The number of benzene rings is 3. The summed E-state index contributed by atoms with van der Waals surface area (Å²) in [6.07, 6.45) is 7.70. The van der Waals surface area contributed by atoms with E-state index in [2.05, 4.69) is 143 Å². The third-order valence-corrected chi connectivity index (χ3v) is 8.39. The van der Waals surface area contributed by atoms with Crippen molar-refractivity contribution in [2.24, 2.45) is 0 Å². The first-order valence-electron chi connectivity index (χ1n) is 15.3. The molecule has 2 aromatic heterocycles.